The zero-order valence-corrected chi connectivity index (χ0v) is 20.4. The number of benzene rings is 1. The highest BCUT2D eigenvalue weighted by molar-refractivity contribution is 7.94. The van der Waals surface area contributed by atoms with Crippen LogP contribution in [0, 0.1) is 0 Å². The van der Waals surface area contributed by atoms with Crippen molar-refractivity contribution in [2.75, 3.05) is 13.2 Å². The molecule has 0 heterocycles. The fraction of sp³-hybridized carbons (Fsp3) is 0.727. The molecule has 1 N–H and O–H groups in total. The molecule has 0 aliphatic rings. The van der Waals surface area contributed by atoms with Gasteiger partial charge in [0.2, 0.25) is 10.0 Å². The SMILES string of the molecule is CCCCCCCCOP(=O)(NS(=O)(=O)c1ccccc1)OCCCCCCCC. The summed E-state index contributed by atoms with van der Waals surface area (Å²) in [6.07, 6.45) is 12.7. The molecule has 0 radical (unpaired) electrons. The van der Waals surface area contributed by atoms with Gasteiger partial charge in [0.05, 0.1) is 18.1 Å². The van der Waals surface area contributed by atoms with Crippen LogP contribution in [0.1, 0.15) is 90.9 Å². The van der Waals surface area contributed by atoms with Crippen LogP contribution in [0.2, 0.25) is 0 Å². The van der Waals surface area contributed by atoms with E-state index in [9.17, 15) is 13.0 Å². The van der Waals surface area contributed by atoms with Gasteiger partial charge in [-0.1, -0.05) is 96.3 Å². The topological polar surface area (TPSA) is 81.7 Å². The lowest BCUT2D eigenvalue weighted by atomic mass is 10.1. The molecule has 0 spiro atoms. The van der Waals surface area contributed by atoms with Crippen molar-refractivity contribution in [1.29, 1.82) is 0 Å². The molecule has 174 valence electrons. The summed E-state index contributed by atoms with van der Waals surface area (Å²) in [6, 6.07) is 7.87. The van der Waals surface area contributed by atoms with Gasteiger partial charge >= 0.3 is 7.75 Å². The summed E-state index contributed by atoms with van der Waals surface area (Å²) in [4.78, 5) is 0.0385. The highest BCUT2D eigenvalue weighted by Gasteiger charge is 2.32. The Kier molecular flexibility index (Phi) is 14.6. The van der Waals surface area contributed by atoms with Gasteiger partial charge in [-0.25, -0.2) is 13.0 Å². The van der Waals surface area contributed by atoms with Gasteiger partial charge in [-0.3, -0.25) is 9.05 Å². The molecule has 0 saturated carbocycles. The molecule has 0 bridgehead atoms. The predicted octanol–water partition coefficient (Wildman–Crippen LogP) is 6.83. The lowest BCUT2D eigenvalue weighted by molar-refractivity contribution is 0.194. The maximum atomic E-state index is 13.1. The predicted molar refractivity (Wildman–Crippen MR) is 123 cm³/mol. The van der Waals surface area contributed by atoms with Crippen LogP contribution in [0.15, 0.2) is 35.2 Å². The van der Waals surface area contributed by atoms with Crippen molar-refractivity contribution >= 4 is 17.8 Å². The van der Waals surface area contributed by atoms with Gasteiger partial charge in [-0.05, 0) is 25.0 Å². The van der Waals surface area contributed by atoms with E-state index in [0.29, 0.717) is 0 Å². The Hall–Kier alpha value is -0.720. The molecule has 0 atom stereocenters. The lowest BCUT2D eigenvalue weighted by Crippen LogP contribution is -2.24. The maximum absolute atomic E-state index is 13.1. The van der Waals surface area contributed by atoms with Gasteiger partial charge in [0, 0.05) is 0 Å². The Bertz CT molecular complexity index is 675. The fourth-order valence-electron chi connectivity index (χ4n) is 3.02. The van der Waals surface area contributed by atoms with Gasteiger partial charge in [-0.15, -0.1) is 4.49 Å². The quantitative estimate of drug-likeness (QED) is 0.180. The Labute approximate surface area is 183 Å². The number of hydrogen-bond acceptors (Lipinski definition) is 5. The summed E-state index contributed by atoms with van der Waals surface area (Å²) in [5.74, 6) is 0. The lowest BCUT2D eigenvalue weighted by Gasteiger charge is -2.19. The number of sulfonamides is 1. The van der Waals surface area contributed by atoms with Crippen molar-refractivity contribution < 1.29 is 22.0 Å². The molecule has 30 heavy (non-hydrogen) atoms. The second-order valence-corrected chi connectivity index (χ2v) is 11.3. The standard InChI is InChI=1S/C22H40NO5PS/c1-3-5-7-9-11-16-20-27-29(24,28-21-17-12-10-8-6-4-2)23-30(25,26)22-18-14-13-15-19-22/h13-15,18-19H,3-12,16-17,20-21H2,1-2H3,(H,23,24). The third-order valence-corrected chi connectivity index (χ3v) is 8.60. The molecule has 1 rings (SSSR count). The van der Waals surface area contributed by atoms with E-state index in [-0.39, 0.29) is 18.1 Å². The molecule has 0 unspecified atom stereocenters. The number of rotatable bonds is 19. The molecule has 0 fully saturated rings. The van der Waals surface area contributed by atoms with E-state index < -0.39 is 17.8 Å². The molecule has 0 saturated heterocycles. The van der Waals surface area contributed by atoms with Crippen molar-refractivity contribution in [1.82, 2.24) is 4.49 Å². The zero-order chi connectivity index (χ0) is 22.1. The smallest absolute Gasteiger partial charge is 0.296 e. The normalized spacial score (nSPS) is 12.3. The Morgan fingerprint density at radius 3 is 1.63 bits per heavy atom. The molecule has 1 aromatic rings. The molecule has 0 aromatic heterocycles. The van der Waals surface area contributed by atoms with Crippen molar-refractivity contribution in [2.45, 2.75) is 95.8 Å². The van der Waals surface area contributed by atoms with E-state index in [0.717, 1.165) is 38.5 Å². The first-order valence-corrected chi connectivity index (χ1v) is 14.4. The average molecular weight is 462 g/mol. The van der Waals surface area contributed by atoms with Crippen molar-refractivity contribution in [3.05, 3.63) is 30.3 Å². The Morgan fingerprint density at radius 1 is 0.733 bits per heavy atom. The third kappa shape index (κ3) is 12.2. The molecular weight excluding hydrogens is 421 g/mol. The first-order valence-electron chi connectivity index (χ1n) is 11.4. The van der Waals surface area contributed by atoms with Gasteiger partial charge in [0.15, 0.2) is 0 Å². The summed E-state index contributed by atoms with van der Waals surface area (Å²) in [6.45, 7) is 4.74. The second kappa shape index (κ2) is 16.0. The Balaban J connectivity index is 2.58. The monoisotopic (exact) mass is 461 g/mol. The van der Waals surface area contributed by atoms with Crippen LogP contribution < -0.4 is 4.49 Å². The number of unbranched alkanes of at least 4 members (excludes halogenated alkanes) is 10. The minimum atomic E-state index is -3.99. The van der Waals surface area contributed by atoms with Gasteiger partial charge in [0.25, 0.3) is 0 Å². The molecule has 6 nitrogen and oxygen atoms in total. The van der Waals surface area contributed by atoms with Crippen molar-refractivity contribution in [3.63, 3.8) is 0 Å². The fourth-order valence-corrected chi connectivity index (χ4v) is 6.37. The molecule has 8 heteroatoms. The van der Waals surface area contributed by atoms with E-state index in [1.54, 1.807) is 18.2 Å². The summed E-state index contributed by atoms with van der Waals surface area (Å²) in [7, 11) is -7.96. The summed E-state index contributed by atoms with van der Waals surface area (Å²) >= 11 is 0. The highest BCUT2D eigenvalue weighted by Crippen LogP contribution is 2.45. The van der Waals surface area contributed by atoms with Crippen LogP contribution in [-0.2, 0) is 23.6 Å². The van der Waals surface area contributed by atoms with E-state index in [1.807, 2.05) is 0 Å². The van der Waals surface area contributed by atoms with Gasteiger partial charge < -0.3 is 0 Å². The highest BCUT2D eigenvalue weighted by atomic mass is 32.2. The third-order valence-electron chi connectivity index (χ3n) is 4.80. The minimum Gasteiger partial charge on any atom is -0.296 e. The van der Waals surface area contributed by atoms with Crippen LogP contribution in [0.25, 0.3) is 0 Å². The molecule has 0 aliphatic carbocycles. The second-order valence-electron chi connectivity index (χ2n) is 7.61. The maximum Gasteiger partial charge on any atom is 0.419 e. The summed E-state index contributed by atoms with van der Waals surface area (Å²) < 4.78 is 51.5. The van der Waals surface area contributed by atoms with Gasteiger partial charge in [-0.2, -0.15) is 0 Å². The van der Waals surface area contributed by atoms with Crippen LogP contribution in [0.5, 0.6) is 0 Å². The molecule has 0 aliphatic heterocycles. The minimum absolute atomic E-state index is 0.0385. The van der Waals surface area contributed by atoms with E-state index in [4.69, 9.17) is 9.05 Å². The van der Waals surface area contributed by atoms with Crippen LogP contribution in [0.3, 0.4) is 0 Å². The van der Waals surface area contributed by atoms with E-state index in [2.05, 4.69) is 18.3 Å². The van der Waals surface area contributed by atoms with Crippen molar-refractivity contribution in [2.24, 2.45) is 0 Å². The molecular formula is C22H40NO5PS. The number of nitrogens with one attached hydrogen (secondary N) is 1. The number of hydrogen-bond donors (Lipinski definition) is 1. The first kappa shape index (κ1) is 27.3. The average Bonchev–Trinajstić information content (AvgIpc) is 2.73. The zero-order valence-electron chi connectivity index (χ0n) is 18.7. The largest absolute Gasteiger partial charge is 0.419 e. The summed E-state index contributed by atoms with van der Waals surface area (Å²) in [5, 5.41) is 0. The van der Waals surface area contributed by atoms with E-state index >= 15 is 0 Å². The van der Waals surface area contributed by atoms with Crippen molar-refractivity contribution in [3.8, 4) is 0 Å². The van der Waals surface area contributed by atoms with Crippen LogP contribution in [-0.4, -0.2) is 21.6 Å². The first-order chi connectivity index (χ1) is 14.4. The Morgan fingerprint density at radius 2 is 1.17 bits per heavy atom. The molecule has 0 amide bonds. The molecule has 1 aromatic carbocycles. The van der Waals surface area contributed by atoms with Gasteiger partial charge in [0.1, 0.15) is 0 Å². The van der Waals surface area contributed by atoms with Crippen LogP contribution >= 0.6 is 7.75 Å². The summed E-state index contributed by atoms with van der Waals surface area (Å²) in [5.41, 5.74) is 0. The van der Waals surface area contributed by atoms with E-state index in [1.165, 1.54) is 50.7 Å². The van der Waals surface area contributed by atoms with Crippen LogP contribution in [0.4, 0.5) is 0 Å².